The summed E-state index contributed by atoms with van der Waals surface area (Å²) in [6, 6.07) is 0. The molecule has 4 saturated carbocycles. The molecule has 9 rings (SSSR count). The molecule has 8 fully saturated rings. The van der Waals surface area contributed by atoms with Crippen molar-refractivity contribution >= 4 is 5.97 Å². The van der Waals surface area contributed by atoms with Gasteiger partial charge in [-0.1, -0.05) is 46.3 Å². The Hall–Kier alpha value is -1.15. The van der Waals surface area contributed by atoms with Crippen molar-refractivity contribution in [1.82, 2.24) is 0 Å². The van der Waals surface area contributed by atoms with E-state index in [9.17, 15) is 25.2 Å². The summed E-state index contributed by atoms with van der Waals surface area (Å²) in [5.41, 5.74) is -0.191. The first-order valence-corrected chi connectivity index (χ1v) is 18.3. The molecule has 9 aliphatic rings. The van der Waals surface area contributed by atoms with Gasteiger partial charge in [-0.15, -0.1) is 0 Å². The molecule has 5 aliphatic carbocycles. The summed E-state index contributed by atoms with van der Waals surface area (Å²) in [7, 11) is 0. The van der Waals surface area contributed by atoms with Gasteiger partial charge in [0.05, 0.1) is 18.8 Å². The highest BCUT2D eigenvalue weighted by atomic mass is 16.8. The fraction of sp³-hybridized carbons (Fsp3) is 0.919. The zero-order chi connectivity index (χ0) is 34.2. The minimum absolute atomic E-state index is 0.0364. The molecule has 11 nitrogen and oxygen atoms in total. The first-order chi connectivity index (χ1) is 22.4. The molecule has 268 valence electrons. The molecule has 4 heterocycles. The van der Waals surface area contributed by atoms with Crippen molar-refractivity contribution < 1.29 is 53.6 Å². The van der Waals surface area contributed by atoms with Crippen LogP contribution in [0.1, 0.15) is 93.4 Å². The average molecular weight is 675 g/mol. The predicted molar refractivity (Wildman–Crippen MR) is 168 cm³/mol. The van der Waals surface area contributed by atoms with Crippen LogP contribution in [0.25, 0.3) is 0 Å². The Balaban J connectivity index is 1.06. The molecule has 0 bridgehead atoms. The lowest BCUT2D eigenvalue weighted by Crippen LogP contribution is -2.61. The number of fused-ring (bicyclic) bond motifs is 6. The lowest BCUT2D eigenvalue weighted by Gasteiger charge is -2.62. The molecule has 4 aliphatic heterocycles. The summed E-state index contributed by atoms with van der Waals surface area (Å²) in [5.74, 6) is -0.600. The Labute approximate surface area is 282 Å². The van der Waals surface area contributed by atoms with E-state index in [-0.39, 0.29) is 75.9 Å². The molecule has 3 spiro atoms. The minimum Gasteiger partial charge on any atom is -0.462 e. The van der Waals surface area contributed by atoms with Gasteiger partial charge in [-0.2, -0.15) is 0 Å². The molecule has 0 radical (unpaired) electrons. The van der Waals surface area contributed by atoms with Crippen LogP contribution in [0, 0.1) is 44.8 Å². The van der Waals surface area contributed by atoms with Crippen molar-refractivity contribution in [3.05, 3.63) is 11.6 Å². The smallest absolute Gasteiger partial charge is 0.302 e. The molecule has 0 aromatic carbocycles. The van der Waals surface area contributed by atoms with Crippen LogP contribution in [0.3, 0.4) is 0 Å². The van der Waals surface area contributed by atoms with E-state index in [0.29, 0.717) is 12.3 Å². The van der Waals surface area contributed by atoms with E-state index < -0.39 is 42.3 Å². The number of hydrogen-bond donors (Lipinski definition) is 4. The summed E-state index contributed by atoms with van der Waals surface area (Å²) in [5, 5.41) is 41.7. The van der Waals surface area contributed by atoms with E-state index in [2.05, 4.69) is 40.7 Å². The molecule has 0 aromatic heterocycles. The summed E-state index contributed by atoms with van der Waals surface area (Å²) in [6.07, 6.45) is 1.68. The molecular formula is C37H54O11. The zero-order valence-electron chi connectivity index (χ0n) is 29.3. The number of esters is 1. The SMILES string of the molecule is CC(=O)OC1C[C@]23C[C@@]24CCC(OC2OCC(O)C(O)C2O)C(C)(C)C4CC=C3[C@]2(C)CC3OC4(CC(C)C3[C@@]12C)OC(O)C1(C)OC41. The zero-order valence-corrected chi connectivity index (χ0v) is 29.3. The van der Waals surface area contributed by atoms with Gasteiger partial charge < -0.3 is 48.8 Å². The molecule has 0 amide bonds. The van der Waals surface area contributed by atoms with E-state index in [4.69, 9.17) is 28.4 Å². The maximum absolute atomic E-state index is 12.9. The number of rotatable bonds is 3. The van der Waals surface area contributed by atoms with Gasteiger partial charge in [0.15, 0.2) is 12.6 Å². The van der Waals surface area contributed by atoms with Crippen LogP contribution in [-0.4, -0.2) is 99.7 Å². The van der Waals surface area contributed by atoms with E-state index >= 15 is 0 Å². The molecule has 14 unspecified atom stereocenters. The van der Waals surface area contributed by atoms with Crippen LogP contribution in [0.4, 0.5) is 0 Å². The Morgan fingerprint density at radius 1 is 0.958 bits per heavy atom. The van der Waals surface area contributed by atoms with Crippen LogP contribution >= 0.6 is 0 Å². The number of aliphatic hydroxyl groups excluding tert-OH is 4. The number of epoxide rings is 1. The minimum atomic E-state index is -1.32. The lowest BCUT2D eigenvalue weighted by atomic mass is 9.44. The van der Waals surface area contributed by atoms with Gasteiger partial charge in [0.1, 0.15) is 36.1 Å². The van der Waals surface area contributed by atoms with Gasteiger partial charge in [0.2, 0.25) is 5.79 Å². The van der Waals surface area contributed by atoms with Crippen LogP contribution < -0.4 is 0 Å². The van der Waals surface area contributed by atoms with Crippen LogP contribution in [0.15, 0.2) is 11.6 Å². The summed E-state index contributed by atoms with van der Waals surface area (Å²) in [6.45, 7) is 14.9. The maximum atomic E-state index is 12.9. The molecule has 18 atom stereocenters. The van der Waals surface area contributed by atoms with Crippen molar-refractivity contribution in [2.45, 2.75) is 160 Å². The normalized spacial score (nSPS) is 61.6. The third kappa shape index (κ3) is 3.69. The molecule has 0 aromatic rings. The number of carbonyl (C=O) groups excluding carboxylic acids is 1. The molecular weight excluding hydrogens is 620 g/mol. The fourth-order valence-electron chi connectivity index (χ4n) is 13.8. The van der Waals surface area contributed by atoms with E-state index in [0.717, 1.165) is 38.5 Å². The highest BCUT2D eigenvalue weighted by molar-refractivity contribution is 5.66. The van der Waals surface area contributed by atoms with Gasteiger partial charge in [-0.05, 0) is 74.0 Å². The first kappa shape index (κ1) is 32.7. The van der Waals surface area contributed by atoms with Crippen molar-refractivity contribution in [1.29, 1.82) is 0 Å². The van der Waals surface area contributed by atoms with Gasteiger partial charge in [-0.25, -0.2) is 0 Å². The number of aliphatic hydroxyl groups is 4. The van der Waals surface area contributed by atoms with Crippen LogP contribution in [-0.2, 0) is 33.2 Å². The number of hydrogen-bond acceptors (Lipinski definition) is 11. The molecule has 11 heteroatoms. The van der Waals surface area contributed by atoms with Crippen molar-refractivity contribution in [2.24, 2.45) is 44.8 Å². The van der Waals surface area contributed by atoms with Gasteiger partial charge in [-0.3, -0.25) is 4.79 Å². The van der Waals surface area contributed by atoms with Crippen LogP contribution in [0.5, 0.6) is 0 Å². The molecule has 4 N–H and O–H groups in total. The fourth-order valence-corrected chi connectivity index (χ4v) is 13.8. The second-order valence-corrected chi connectivity index (χ2v) is 18.5. The molecule has 48 heavy (non-hydrogen) atoms. The summed E-state index contributed by atoms with van der Waals surface area (Å²) in [4.78, 5) is 12.9. The first-order valence-electron chi connectivity index (χ1n) is 18.3. The number of carbonyl (C=O) groups is 1. The second-order valence-electron chi connectivity index (χ2n) is 18.5. The molecule has 4 saturated heterocycles. The predicted octanol–water partition coefficient (Wildman–Crippen LogP) is 2.95. The monoisotopic (exact) mass is 674 g/mol. The quantitative estimate of drug-likeness (QED) is 0.198. The van der Waals surface area contributed by atoms with Crippen molar-refractivity contribution in [3.8, 4) is 0 Å². The topological polar surface area (TPSA) is 157 Å². The average Bonchev–Trinajstić information content (AvgIpc) is 3.84. The third-order valence-corrected chi connectivity index (χ3v) is 16.1. The van der Waals surface area contributed by atoms with E-state index in [1.54, 1.807) is 0 Å². The Bertz CT molecular complexity index is 1450. The second kappa shape index (κ2) is 9.63. The highest BCUT2D eigenvalue weighted by Crippen LogP contribution is 2.88. The Morgan fingerprint density at radius 2 is 1.71 bits per heavy atom. The van der Waals surface area contributed by atoms with E-state index in [1.165, 1.54) is 12.5 Å². The standard InChI is InChI=1S/C37H54O11/c1-17-12-37(29-34(7,47-29)30(42)48-37)46-20-13-32(5)22-9-8-21-31(3,4)23(45-28-27(41)26(40)19(39)15-43-28)10-11-35(21)16-36(22,35)14-24(44-18(2)38)33(32,6)25(17)20/h9,17,19-21,23-30,39-42H,8,10-16H2,1-7H3/t17?,19?,20?,21?,23?,24?,25?,26?,27?,28?,29?,30?,32-,33+,34?,35+,36+,37?/m0/s1. The van der Waals surface area contributed by atoms with E-state index in [1.807, 2.05) is 6.92 Å². The van der Waals surface area contributed by atoms with Crippen molar-refractivity contribution in [3.63, 3.8) is 0 Å². The summed E-state index contributed by atoms with van der Waals surface area (Å²) < 4.78 is 37.8. The third-order valence-electron chi connectivity index (χ3n) is 16.1. The number of ether oxygens (including phenoxy) is 6. The lowest BCUT2D eigenvalue weighted by molar-refractivity contribution is -0.345. The van der Waals surface area contributed by atoms with Gasteiger partial charge >= 0.3 is 5.97 Å². The highest BCUT2D eigenvalue weighted by Gasteiger charge is 2.85. The van der Waals surface area contributed by atoms with Gasteiger partial charge in [0.25, 0.3) is 0 Å². The Kier molecular flexibility index (Phi) is 6.57. The van der Waals surface area contributed by atoms with Gasteiger partial charge in [0, 0.05) is 29.6 Å². The van der Waals surface area contributed by atoms with Crippen molar-refractivity contribution in [2.75, 3.05) is 6.61 Å². The maximum Gasteiger partial charge on any atom is 0.302 e. The largest absolute Gasteiger partial charge is 0.462 e. The Morgan fingerprint density at radius 3 is 2.38 bits per heavy atom. The summed E-state index contributed by atoms with van der Waals surface area (Å²) >= 11 is 0. The van der Waals surface area contributed by atoms with Crippen LogP contribution in [0.2, 0.25) is 0 Å². The number of allylic oxidation sites excluding steroid dienone is 2.